The summed E-state index contributed by atoms with van der Waals surface area (Å²) in [5.74, 6) is -0.437. The van der Waals surface area contributed by atoms with E-state index in [1.54, 1.807) is 41.3 Å². The van der Waals surface area contributed by atoms with Gasteiger partial charge >= 0.3 is 0 Å². The number of rotatable bonds is 7. The van der Waals surface area contributed by atoms with E-state index >= 15 is 0 Å². The fourth-order valence-electron chi connectivity index (χ4n) is 4.08. The van der Waals surface area contributed by atoms with E-state index < -0.39 is 0 Å². The van der Waals surface area contributed by atoms with Gasteiger partial charge in [-0.1, -0.05) is 56.9 Å². The van der Waals surface area contributed by atoms with Gasteiger partial charge in [0.1, 0.15) is 11.4 Å². The Kier molecular flexibility index (Phi) is 5.47. The summed E-state index contributed by atoms with van der Waals surface area (Å²) < 4.78 is 19.2. The van der Waals surface area contributed by atoms with E-state index in [-0.39, 0.29) is 29.0 Å². The van der Waals surface area contributed by atoms with Gasteiger partial charge in [0, 0.05) is 6.54 Å². The molecule has 0 N–H and O–H groups in total. The van der Waals surface area contributed by atoms with Gasteiger partial charge in [0.2, 0.25) is 5.76 Å². The van der Waals surface area contributed by atoms with Gasteiger partial charge < -0.3 is 9.32 Å². The molecule has 0 aliphatic carbocycles. The highest BCUT2D eigenvalue weighted by atomic mass is 19.1. The average molecular weight is 393 g/mol. The van der Waals surface area contributed by atoms with E-state index in [2.05, 4.69) is 6.92 Å². The lowest BCUT2D eigenvalue weighted by Crippen LogP contribution is -2.28. The van der Waals surface area contributed by atoms with Crippen LogP contribution in [0.3, 0.4) is 0 Å². The molecule has 0 saturated heterocycles. The molecule has 0 bridgehead atoms. The first-order chi connectivity index (χ1) is 14.1. The number of hydrogen-bond donors (Lipinski definition) is 0. The third kappa shape index (κ3) is 3.69. The van der Waals surface area contributed by atoms with Crippen molar-refractivity contribution in [2.75, 3.05) is 0 Å². The topological polar surface area (TPSA) is 50.5 Å². The summed E-state index contributed by atoms with van der Waals surface area (Å²) in [4.78, 5) is 28.1. The lowest BCUT2D eigenvalue weighted by atomic mass is 9.99. The first-order valence-corrected chi connectivity index (χ1v) is 10.2. The first kappa shape index (κ1) is 19.4. The second-order valence-electron chi connectivity index (χ2n) is 7.59. The van der Waals surface area contributed by atoms with Gasteiger partial charge in [-0.25, -0.2) is 4.39 Å². The van der Waals surface area contributed by atoms with Gasteiger partial charge in [0.05, 0.1) is 17.0 Å². The lowest BCUT2D eigenvalue weighted by molar-refractivity contribution is 0.0679. The van der Waals surface area contributed by atoms with Gasteiger partial charge in [-0.2, -0.15) is 0 Å². The molecule has 4 rings (SSSR count). The highest BCUT2D eigenvalue weighted by Crippen LogP contribution is 2.37. The van der Waals surface area contributed by atoms with Crippen LogP contribution in [-0.4, -0.2) is 10.8 Å². The van der Waals surface area contributed by atoms with Gasteiger partial charge in [-0.15, -0.1) is 0 Å². The maximum Gasteiger partial charge on any atom is 0.290 e. The van der Waals surface area contributed by atoms with Gasteiger partial charge in [0.15, 0.2) is 5.43 Å². The summed E-state index contributed by atoms with van der Waals surface area (Å²) in [6.07, 6.45) is 4.93. The van der Waals surface area contributed by atoms with Crippen molar-refractivity contribution < 1.29 is 13.6 Å². The Labute approximate surface area is 169 Å². The number of para-hydroxylation sites is 1. The summed E-state index contributed by atoms with van der Waals surface area (Å²) in [7, 11) is 0. The molecule has 1 aliphatic rings. The Balaban J connectivity index is 1.74. The third-order valence-corrected chi connectivity index (χ3v) is 5.59. The number of carbonyl (C=O) groups is 1. The number of hydrogen-bond acceptors (Lipinski definition) is 3. The van der Waals surface area contributed by atoms with Crippen molar-refractivity contribution in [2.24, 2.45) is 0 Å². The molecule has 1 unspecified atom stereocenters. The lowest BCUT2D eigenvalue weighted by Gasteiger charge is -2.25. The maximum absolute atomic E-state index is 13.3. The molecular weight excluding hydrogens is 369 g/mol. The molecule has 29 heavy (non-hydrogen) atoms. The minimum Gasteiger partial charge on any atom is -0.450 e. The van der Waals surface area contributed by atoms with Crippen molar-refractivity contribution in [3.8, 4) is 0 Å². The molecule has 2 aromatic carbocycles. The van der Waals surface area contributed by atoms with Gasteiger partial charge in [-0.05, 0) is 36.2 Å². The molecule has 1 atom stereocenters. The second-order valence-corrected chi connectivity index (χ2v) is 7.59. The number of amides is 1. The summed E-state index contributed by atoms with van der Waals surface area (Å²) in [5, 5.41) is 0.501. The van der Waals surface area contributed by atoms with Crippen LogP contribution in [0, 0.1) is 5.82 Å². The van der Waals surface area contributed by atoms with Crippen molar-refractivity contribution >= 4 is 16.9 Å². The summed E-state index contributed by atoms with van der Waals surface area (Å²) in [6, 6.07) is 12.8. The second kappa shape index (κ2) is 8.19. The van der Waals surface area contributed by atoms with Crippen LogP contribution < -0.4 is 5.43 Å². The maximum atomic E-state index is 13.3. The summed E-state index contributed by atoms with van der Waals surface area (Å²) >= 11 is 0. The molecule has 0 spiro atoms. The molecule has 3 aromatic rings. The molecule has 0 saturated carbocycles. The average Bonchev–Trinajstić information content (AvgIpc) is 2.99. The highest BCUT2D eigenvalue weighted by Gasteiger charge is 2.41. The van der Waals surface area contributed by atoms with Crippen LogP contribution in [0.2, 0.25) is 0 Å². The van der Waals surface area contributed by atoms with Gasteiger partial charge in [-0.3, -0.25) is 9.59 Å². The Morgan fingerprint density at radius 2 is 1.76 bits per heavy atom. The zero-order chi connectivity index (χ0) is 20.4. The largest absolute Gasteiger partial charge is 0.450 e. The van der Waals surface area contributed by atoms with E-state index in [9.17, 15) is 14.0 Å². The molecule has 0 fully saturated rings. The van der Waals surface area contributed by atoms with Crippen LogP contribution >= 0.6 is 0 Å². The van der Waals surface area contributed by atoms with E-state index in [0.717, 1.165) is 31.2 Å². The summed E-state index contributed by atoms with van der Waals surface area (Å²) in [6.45, 7) is 2.47. The molecule has 1 aromatic heterocycles. The van der Waals surface area contributed by atoms with Gasteiger partial charge in [0.25, 0.3) is 5.91 Å². The van der Waals surface area contributed by atoms with Crippen LogP contribution in [0.15, 0.2) is 57.7 Å². The number of nitrogens with zero attached hydrogens (tertiary/aromatic N) is 1. The third-order valence-electron chi connectivity index (χ3n) is 5.59. The van der Waals surface area contributed by atoms with Crippen molar-refractivity contribution in [3.63, 3.8) is 0 Å². The molecular formula is C24H24FNO3. The Morgan fingerprint density at radius 3 is 2.52 bits per heavy atom. The number of carbonyl (C=O) groups excluding carboxylic acids is 1. The standard InChI is InChI=1S/C24H24FNO3/c1-2-3-4-5-9-19-21-22(27)18-8-6-7-10-20(18)29-23(21)24(28)26(19)15-16-11-13-17(25)14-12-16/h6-8,10-14,19H,2-5,9,15H2,1H3. The summed E-state index contributed by atoms with van der Waals surface area (Å²) in [5.41, 5.74) is 1.59. The molecule has 4 nitrogen and oxygen atoms in total. The Hall–Kier alpha value is -2.95. The minimum absolute atomic E-state index is 0.128. The Bertz CT molecular complexity index is 1090. The van der Waals surface area contributed by atoms with Crippen LogP contribution in [-0.2, 0) is 6.54 Å². The molecule has 0 radical (unpaired) electrons. The molecule has 1 aliphatic heterocycles. The number of halogens is 1. The number of benzene rings is 2. The molecule has 150 valence electrons. The highest BCUT2D eigenvalue weighted by molar-refractivity contribution is 5.98. The van der Waals surface area contributed by atoms with Crippen molar-refractivity contribution in [1.29, 1.82) is 0 Å². The number of unbranched alkanes of at least 4 members (excludes halogenated alkanes) is 3. The molecule has 5 heteroatoms. The van der Waals surface area contributed by atoms with Crippen molar-refractivity contribution in [1.82, 2.24) is 4.90 Å². The normalized spacial score (nSPS) is 15.9. The van der Waals surface area contributed by atoms with Crippen LogP contribution in [0.25, 0.3) is 11.0 Å². The van der Waals surface area contributed by atoms with Crippen molar-refractivity contribution in [2.45, 2.75) is 51.6 Å². The van der Waals surface area contributed by atoms with E-state index in [1.165, 1.54) is 12.1 Å². The quantitative estimate of drug-likeness (QED) is 0.491. The van der Waals surface area contributed by atoms with E-state index in [4.69, 9.17) is 4.42 Å². The Morgan fingerprint density at radius 1 is 1.00 bits per heavy atom. The van der Waals surface area contributed by atoms with E-state index in [1.807, 2.05) is 0 Å². The minimum atomic E-state index is -0.319. The smallest absolute Gasteiger partial charge is 0.290 e. The number of fused-ring (bicyclic) bond motifs is 2. The fourth-order valence-corrected chi connectivity index (χ4v) is 4.08. The predicted molar refractivity (Wildman–Crippen MR) is 110 cm³/mol. The zero-order valence-electron chi connectivity index (χ0n) is 16.5. The van der Waals surface area contributed by atoms with Crippen LogP contribution in [0.5, 0.6) is 0 Å². The van der Waals surface area contributed by atoms with E-state index in [0.29, 0.717) is 29.5 Å². The fraction of sp³-hybridized carbons (Fsp3) is 0.333. The SMILES string of the molecule is CCCCCCC1c2c(oc3ccccc3c2=O)C(=O)N1Cc1ccc(F)cc1. The molecule has 1 amide bonds. The monoisotopic (exact) mass is 393 g/mol. The van der Waals surface area contributed by atoms with Crippen LogP contribution in [0.4, 0.5) is 4.39 Å². The zero-order valence-corrected chi connectivity index (χ0v) is 16.5. The predicted octanol–water partition coefficient (Wildman–Crippen LogP) is 5.60. The van der Waals surface area contributed by atoms with Crippen molar-refractivity contribution in [3.05, 3.63) is 81.5 Å². The van der Waals surface area contributed by atoms with Crippen LogP contribution in [0.1, 0.15) is 66.8 Å². The first-order valence-electron chi connectivity index (χ1n) is 10.2. The molecule has 2 heterocycles.